The van der Waals surface area contributed by atoms with Crippen LogP contribution < -0.4 is 20.9 Å². The summed E-state index contributed by atoms with van der Waals surface area (Å²) in [6.45, 7) is 2.23. The van der Waals surface area contributed by atoms with Crippen LogP contribution in [-0.4, -0.2) is 44.0 Å². The summed E-state index contributed by atoms with van der Waals surface area (Å²) in [5.74, 6) is -0.559. The van der Waals surface area contributed by atoms with Crippen molar-refractivity contribution in [2.75, 3.05) is 25.5 Å². The Hall–Kier alpha value is -2.41. The summed E-state index contributed by atoms with van der Waals surface area (Å²) in [7, 11) is 1.74. The molecule has 130 valence electrons. The van der Waals surface area contributed by atoms with Crippen molar-refractivity contribution >= 4 is 23.5 Å². The molecule has 0 radical (unpaired) electrons. The van der Waals surface area contributed by atoms with Crippen LogP contribution in [0.1, 0.15) is 25.3 Å². The fraction of sp³-hybridized carbons (Fsp3) is 0.471. The fourth-order valence-corrected chi connectivity index (χ4v) is 2.38. The first-order valence-corrected chi connectivity index (χ1v) is 8.27. The van der Waals surface area contributed by atoms with Gasteiger partial charge < -0.3 is 15.5 Å². The lowest BCUT2D eigenvalue weighted by Crippen LogP contribution is -3.11. The molecule has 1 fully saturated rings. The Balaban J connectivity index is 1.74. The highest BCUT2D eigenvalue weighted by Crippen LogP contribution is 2.18. The van der Waals surface area contributed by atoms with Gasteiger partial charge in [-0.3, -0.25) is 14.9 Å². The van der Waals surface area contributed by atoms with E-state index in [9.17, 15) is 14.4 Å². The second kappa shape index (κ2) is 8.44. The number of quaternary nitrogens is 1. The van der Waals surface area contributed by atoms with E-state index in [2.05, 4.69) is 16.0 Å². The fourth-order valence-electron chi connectivity index (χ4n) is 2.38. The van der Waals surface area contributed by atoms with Crippen LogP contribution in [-0.2, 0) is 16.0 Å². The average molecular weight is 333 g/mol. The molecule has 7 nitrogen and oxygen atoms in total. The smallest absolute Gasteiger partial charge is 0.321 e. The van der Waals surface area contributed by atoms with E-state index in [-0.39, 0.29) is 25.0 Å². The molecule has 0 heterocycles. The van der Waals surface area contributed by atoms with E-state index in [4.69, 9.17) is 0 Å². The standard InChI is InChI=1S/C17H24N4O3/c1-3-12-6-4-5-7-14(12)19-15(22)10-21(2)11-16(23)20-17(24)18-13-8-9-13/h4-7,13H,3,8-11H2,1-2H3,(H,19,22)(H2,18,20,23,24)/p+1. The van der Waals surface area contributed by atoms with Gasteiger partial charge in [-0.2, -0.15) is 0 Å². The average Bonchev–Trinajstić information content (AvgIpc) is 3.30. The molecule has 4 N–H and O–H groups in total. The molecule has 0 saturated heterocycles. The van der Waals surface area contributed by atoms with Crippen molar-refractivity contribution in [1.82, 2.24) is 10.6 Å². The lowest BCUT2D eigenvalue weighted by atomic mass is 10.1. The molecule has 1 aliphatic rings. The maximum atomic E-state index is 12.1. The van der Waals surface area contributed by atoms with Gasteiger partial charge >= 0.3 is 6.03 Å². The molecule has 1 aromatic rings. The van der Waals surface area contributed by atoms with E-state index in [1.807, 2.05) is 31.2 Å². The highest BCUT2D eigenvalue weighted by atomic mass is 16.2. The molecule has 0 spiro atoms. The molecular weight excluding hydrogens is 308 g/mol. The summed E-state index contributed by atoms with van der Waals surface area (Å²) < 4.78 is 0. The minimum atomic E-state index is -0.461. The quantitative estimate of drug-likeness (QED) is 0.552. The van der Waals surface area contributed by atoms with Crippen molar-refractivity contribution in [3.8, 4) is 0 Å². The van der Waals surface area contributed by atoms with E-state index >= 15 is 0 Å². The van der Waals surface area contributed by atoms with Crippen LogP contribution in [0.25, 0.3) is 0 Å². The molecule has 4 amide bonds. The van der Waals surface area contributed by atoms with Gasteiger partial charge in [-0.1, -0.05) is 25.1 Å². The molecule has 0 aromatic heterocycles. The van der Waals surface area contributed by atoms with Crippen molar-refractivity contribution in [3.63, 3.8) is 0 Å². The zero-order chi connectivity index (χ0) is 17.5. The van der Waals surface area contributed by atoms with Crippen LogP contribution in [0.4, 0.5) is 10.5 Å². The van der Waals surface area contributed by atoms with Gasteiger partial charge in [0.15, 0.2) is 13.1 Å². The summed E-state index contributed by atoms with van der Waals surface area (Å²) in [5.41, 5.74) is 1.86. The number of aryl methyl sites for hydroxylation is 1. The number of rotatable bonds is 7. The minimum Gasteiger partial charge on any atom is -0.335 e. The van der Waals surface area contributed by atoms with Crippen molar-refractivity contribution in [1.29, 1.82) is 0 Å². The van der Waals surface area contributed by atoms with Gasteiger partial charge in [-0.25, -0.2) is 4.79 Å². The molecular formula is C17H25N4O3+. The number of benzene rings is 1. The third kappa shape index (κ3) is 6.00. The molecule has 1 atom stereocenters. The van der Waals surface area contributed by atoms with Crippen LogP contribution in [0.3, 0.4) is 0 Å². The molecule has 7 heteroatoms. The van der Waals surface area contributed by atoms with E-state index in [0.717, 1.165) is 30.5 Å². The van der Waals surface area contributed by atoms with Gasteiger partial charge in [0.05, 0.1) is 7.05 Å². The van der Waals surface area contributed by atoms with Crippen LogP contribution in [0.15, 0.2) is 24.3 Å². The summed E-state index contributed by atoms with van der Waals surface area (Å²) in [5, 5.41) is 7.84. The van der Waals surface area contributed by atoms with Gasteiger partial charge in [0, 0.05) is 11.7 Å². The molecule has 2 rings (SSSR count). The molecule has 1 saturated carbocycles. The van der Waals surface area contributed by atoms with E-state index in [0.29, 0.717) is 4.90 Å². The maximum absolute atomic E-state index is 12.1. The molecule has 24 heavy (non-hydrogen) atoms. The van der Waals surface area contributed by atoms with Crippen LogP contribution >= 0.6 is 0 Å². The maximum Gasteiger partial charge on any atom is 0.321 e. The Morgan fingerprint density at radius 2 is 1.79 bits per heavy atom. The third-order valence-electron chi connectivity index (χ3n) is 3.76. The number of carbonyl (C=O) groups excluding carboxylic acids is 3. The number of amides is 4. The summed E-state index contributed by atoms with van der Waals surface area (Å²) in [6.07, 6.45) is 2.76. The Kier molecular flexibility index (Phi) is 6.31. The van der Waals surface area contributed by atoms with Crippen molar-refractivity contribution in [3.05, 3.63) is 29.8 Å². The molecule has 1 unspecified atom stereocenters. The Morgan fingerprint density at radius 3 is 2.46 bits per heavy atom. The SMILES string of the molecule is CCc1ccccc1NC(=O)C[NH+](C)CC(=O)NC(=O)NC1CC1. The Labute approximate surface area is 141 Å². The predicted octanol–water partition coefficient (Wildman–Crippen LogP) is -0.310. The lowest BCUT2D eigenvalue weighted by Gasteiger charge is -2.14. The predicted molar refractivity (Wildman–Crippen MR) is 90.8 cm³/mol. The third-order valence-corrected chi connectivity index (χ3v) is 3.76. The van der Waals surface area contributed by atoms with Crippen LogP contribution in [0.2, 0.25) is 0 Å². The highest BCUT2D eigenvalue weighted by molar-refractivity contribution is 5.95. The first-order valence-electron chi connectivity index (χ1n) is 8.27. The number of carbonyl (C=O) groups is 3. The van der Waals surface area contributed by atoms with E-state index < -0.39 is 11.9 Å². The van der Waals surface area contributed by atoms with Gasteiger partial charge in [0.2, 0.25) is 0 Å². The van der Waals surface area contributed by atoms with Crippen molar-refractivity contribution in [2.24, 2.45) is 0 Å². The zero-order valence-electron chi connectivity index (χ0n) is 14.1. The normalized spacial score (nSPS) is 14.6. The molecule has 1 aliphatic carbocycles. The number of anilines is 1. The van der Waals surface area contributed by atoms with Gasteiger partial charge in [-0.15, -0.1) is 0 Å². The summed E-state index contributed by atoms with van der Waals surface area (Å²) in [6, 6.07) is 7.38. The number of likely N-dealkylation sites (N-methyl/N-ethyl adjacent to an activating group) is 1. The second-order valence-corrected chi connectivity index (χ2v) is 6.17. The number of urea groups is 1. The molecule has 0 bridgehead atoms. The highest BCUT2D eigenvalue weighted by Gasteiger charge is 2.24. The van der Waals surface area contributed by atoms with E-state index in [1.54, 1.807) is 7.05 Å². The number of para-hydroxylation sites is 1. The molecule has 0 aliphatic heterocycles. The van der Waals surface area contributed by atoms with Gasteiger partial charge in [0.1, 0.15) is 0 Å². The van der Waals surface area contributed by atoms with Crippen LogP contribution in [0, 0.1) is 0 Å². The summed E-state index contributed by atoms with van der Waals surface area (Å²) in [4.78, 5) is 36.1. The second-order valence-electron chi connectivity index (χ2n) is 6.17. The van der Waals surface area contributed by atoms with Crippen molar-refractivity contribution in [2.45, 2.75) is 32.2 Å². The lowest BCUT2D eigenvalue weighted by molar-refractivity contribution is -0.862. The number of hydrogen-bond donors (Lipinski definition) is 4. The summed E-state index contributed by atoms with van der Waals surface area (Å²) >= 11 is 0. The largest absolute Gasteiger partial charge is 0.335 e. The number of imide groups is 1. The van der Waals surface area contributed by atoms with Crippen molar-refractivity contribution < 1.29 is 19.3 Å². The molecule has 1 aromatic carbocycles. The monoisotopic (exact) mass is 333 g/mol. The number of nitrogens with one attached hydrogen (secondary N) is 4. The van der Waals surface area contributed by atoms with Gasteiger partial charge in [0.25, 0.3) is 11.8 Å². The first-order chi connectivity index (χ1) is 11.5. The Bertz CT molecular complexity index is 614. The number of hydrogen-bond acceptors (Lipinski definition) is 3. The van der Waals surface area contributed by atoms with E-state index in [1.165, 1.54) is 0 Å². The zero-order valence-corrected chi connectivity index (χ0v) is 14.1. The van der Waals surface area contributed by atoms with Gasteiger partial charge in [-0.05, 0) is 30.9 Å². The van der Waals surface area contributed by atoms with Crippen LogP contribution in [0.5, 0.6) is 0 Å². The first kappa shape index (κ1) is 17.9. The topological polar surface area (TPSA) is 91.7 Å². The Morgan fingerprint density at radius 1 is 1.12 bits per heavy atom. The minimum absolute atomic E-state index is 0.0565.